The topological polar surface area (TPSA) is 90.7 Å². The molecular formula is C13H22N2O5S. The van der Waals surface area contributed by atoms with Crippen LogP contribution in [0.1, 0.15) is 30.7 Å². The molecule has 1 aromatic heterocycles. The van der Waals surface area contributed by atoms with E-state index in [-0.39, 0.29) is 11.0 Å². The predicted octanol–water partition coefficient (Wildman–Crippen LogP) is 1.16. The van der Waals surface area contributed by atoms with Gasteiger partial charge in [-0.1, -0.05) is 5.16 Å². The lowest BCUT2D eigenvalue weighted by Crippen LogP contribution is -2.26. The third-order valence-corrected chi connectivity index (χ3v) is 5.03. The molecule has 1 fully saturated rings. The second-order valence-corrected chi connectivity index (χ2v) is 6.82. The summed E-state index contributed by atoms with van der Waals surface area (Å²) in [4.78, 5) is 0.128. The maximum absolute atomic E-state index is 12.1. The molecule has 0 amide bonds. The van der Waals surface area contributed by atoms with Crippen molar-refractivity contribution in [3.63, 3.8) is 0 Å². The van der Waals surface area contributed by atoms with Crippen molar-refractivity contribution >= 4 is 10.0 Å². The van der Waals surface area contributed by atoms with Gasteiger partial charge in [-0.2, -0.15) is 0 Å². The van der Waals surface area contributed by atoms with Crippen LogP contribution in [-0.4, -0.2) is 46.0 Å². The molecule has 1 saturated heterocycles. The highest BCUT2D eigenvalue weighted by Gasteiger charge is 2.23. The van der Waals surface area contributed by atoms with E-state index in [1.54, 1.807) is 13.8 Å². The summed E-state index contributed by atoms with van der Waals surface area (Å²) in [6.07, 6.45) is 2.93. The third kappa shape index (κ3) is 4.50. The van der Waals surface area contributed by atoms with Crippen molar-refractivity contribution in [2.45, 2.75) is 44.1 Å². The van der Waals surface area contributed by atoms with Gasteiger partial charge >= 0.3 is 0 Å². The molecule has 21 heavy (non-hydrogen) atoms. The highest BCUT2D eigenvalue weighted by Crippen LogP contribution is 2.18. The minimum absolute atomic E-state index is 0.128. The van der Waals surface area contributed by atoms with Crippen LogP contribution in [0.3, 0.4) is 0 Å². The highest BCUT2D eigenvalue weighted by atomic mass is 32.2. The average molecular weight is 318 g/mol. The fraction of sp³-hybridized carbons (Fsp3) is 0.769. The molecule has 2 rings (SSSR count). The summed E-state index contributed by atoms with van der Waals surface area (Å²) in [6.45, 7) is 5.40. The summed E-state index contributed by atoms with van der Waals surface area (Å²) < 4.78 is 42.5. The van der Waals surface area contributed by atoms with E-state index in [9.17, 15) is 8.42 Å². The van der Waals surface area contributed by atoms with Gasteiger partial charge in [0, 0.05) is 19.8 Å². The number of hydrogen-bond donors (Lipinski definition) is 1. The van der Waals surface area contributed by atoms with Crippen molar-refractivity contribution in [3.8, 4) is 0 Å². The summed E-state index contributed by atoms with van der Waals surface area (Å²) in [5, 5.41) is 3.65. The highest BCUT2D eigenvalue weighted by molar-refractivity contribution is 7.89. The second-order valence-electron chi connectivity index (χ2n) is 5.11. The Morgan fingerprint density at radius 3 is 2.86 bits per heavy atom. The first-order chi connectivity index (χ1) is 10.0. The van der Waals surface area contributed by atoms with Gasteiger partial charge in [-0.25, -0.2) is 13.1 Å². The molecule has 0 radical (unpaired) electrons. The van der Waals surface area contributed by atoms with Gasteiger partial charge in [-0.05, 0) is 33.1 Å². The smallest absolute Gasteiger partial charge is 0.245 e. The summed E-state index contributed by atoms with van der Waals surface area (Å²) in [7, 11) is -3.57. The summed E-state index contributed by atoms with van der Waals surface area (Å²) in [5.74, 6) is 0.301. The molecule has 1 aliphatic heterocycles. The van der Waals surface area contributed by atoms with Crippen LogP contribution in [0.5, 0.6) is 0 Å². The number of hydrogen-bond acceptors (Lipinski definition) is 6. The normalized spacial score (nSPS) is 19.2. The maximum atomic E-state index is 12.1. The number of aryl methyl sites for hydroxylation is 2. The van der Waals surface area contributed by atoms with Gasteiger partial charge in [-0.15, -0.1) is 0 Å². The lowest BCUT2D eigenvalue weighted by atomic mass is 10.2. The van der Waals surface area contributed by atoms with E-state index >= 15 is 0 Å². The first-order valence-corrected chi connectivity index (χ1v) is 8.61. The van der Waals surface area contributed by atoms with Gasteiger partial charge in [0.2, 0.25) is 10.0 Å². The van der Waals surface area contributed by atoms with Crippen LogP contribution in [-0.2, 0) is 19.5 Å². The molecule has 8 heteroatoms. The van der Waals surface area contributed by atoms with E-state index in [0.717, 1.165) is 19.4 Å². The molecule has 0 saturated carbocycles. The fourth-order valence-corrected chi connectivity index (χ4v) is 3.70. The lowest BCUT2D eigenvalue weighted by Gasteiger charge is -2.10. The molecule has 0 aromatic carbocycles. The van der Waals surface area contributed by atoms with Crippen molar-refractivity contribution in [2.24, 2.45) is 0 Å². The minimum atomic E-state index is -3.57. The predicted molar refractivity (Wildman–Crippen MR) is 75.6 cm³/mol. The quantitative estimate of drug-likeness (QED) is 0.723. The van der Waals surface area contributed by atoms with Crippen molar-refractivity contribution < 1.29 is 22.4 Å². The fourth-order valence-electron chi connectivity index (χ4n) is 2.30. The van der Waals surface area contributed by atoms with Gasteiger partial charge < -0.3 is 14.0 Å². The number of nitrogens with zero attached hydrogens (tertiary/aromatic N) is 1. The zero-order valence-corrected chi connectivity index (χ0v) is 13.2. The molecule has 1 aromatic rings. The van der Waals surface area contributed by atoms with E-state index in [4.69, 9.17) is 14.0 Å². The third-order valence-electron chi connectivity index (χ3n) is 3.32. The number of rotatable bonds is 8. The maximum Gasteiger partial charge on any atom is 0.245 e. The molecule has 0 bridgehead atoms. The molecule has 0 unspecified atom stereocenters. The van der Waals surface area contributed by atoms with Gasteiger partial charge in [0.25, 0.3) is 0 Å². The zero-order valence-electron chi connectivity index (χ0n) is 12.4. The zero-order chi connectivity index (χ0) is 15.3. The second kappa shape index (κ2) is 7.35. The Balaban J connectivity index is 1.68. The Labute approximate surface area is 125 Å². The van der Waals surface area contributed by atoms with Gasteiger partial charge in [0.1, 0.15) is 10.6 Å². The van der Waals surface area contributed by atoms with E-state index < -0.39 is 10.0 Å². The number of sulfonamides is 1. The Morgan fingerprint density at radius 2 is 2.24 bits per heavy atom. The Bertz CT molecular complexity index is 529. The lowest BCUT2D eigenvalue weighted by molar-refractivity contribution is 0.0169. The van der Waals surface area contributed by atoms with Crippen LogP contribution in [0.2, 0.25) is 0 Å². The van der Waals surface area contributed by atoms with E-state index in [1.165, 1.54) is 0 Å². The van der Waals surface area contributed by atoms with Crippen LogP contribution in [0.4, 0.5) is 0 Å². The van der Waals surface area contributed by atoms with Crippen molar-refractivity contribution in [1.82, 2.24) is 9.88 Å². The van der Waals surface area contributed by atoms with E-state index in [2.05, 4.69) is 9.88 Å². The van der Waals surface area contributed by atoms with Crippen molar-refractivity contribution in [2.75, 3.05) is 26.4 Å². The van der Waals surface area contributed by atoms with Gasteiger partial charge in [-0.3, -0.25) is 0 Å². The SMILES string of the molecule is Cc1noc(C)c1S(=O)(=O)NCCCOC[C@@H]1CCCO1. The summed E-state index contributed by atoms with van der Waals surface area (Å²) in [6, 6.07) is 0. The minimum Gasteiger partial charge on any atom is -0.379 e. The van der Waals surface area contributed by atoms with Crippen molar-refractivity contribution in [1.29, 1.82) is 0 Å². The number of aromatic nitrogens is 1. The Morgan fingerprint density at radius 1 is 1.43 bits per heavy atom. The first-order valence-electron chi connectivity index (χ1n) is 7.12. The Kier molecular flexibility index (Phi) is 5.74. The van der Waals surface area contributed by atoms with Gasteiger partial charge in [0.15, 0.2) is 5.76 Å². The van der Waals surface area contributed by atoms with E-state index in [1.807, 2.05) is 0 Å². The van der Waals surface area contributed by atoms with Crippen LogP contribution in [0.15, 0.2) is 9.42 Å². The molecule has 2 heterocycles. The number of ether oxygens (including phenoxy) is 2. The summed E-state index contributed by atoms with van der Waals surface area (Å²) >= 11 is 0. The van der Waals surface area contributed by atoms with Crippen LogP contribution < -0.4 is 4.72 Å². The molecule has 1 aliphatic rings. The van der Waals surface area contributed by atoms with Gasteiger partial charge in [0.05, 0.1) is 12.7 Å². The Hall–Kier alpha value is -0.960. The molecule has 0 spiro atoms. The van der Waals surface area contributed by atoms with Crippen LogP contribution in [0, 0.1) is 13.8 Å². The summed E-state index contributed by atoms with van der Waals surface area (Å²) in [5.41, 5.74) is 0.370. The number of nitrogens with one attached hydrogen (secondary N) is 1. The molecule has 1 atom stereocenters. The van der Waals surface area contributed by atoms with Crippen molar-refractivity contribution in [3.05, 3.63) is 11.5 Å². The molecule has 120 valence electrons. The average Bonchev–Trinajstić information content (AvgIpc) is 3.04. The molecule has 0 aliphatic carbocycles. The molecular weight excluding hydrogens is 296 g/mol. The van der Waals surface area contributed by atoms with Crippen LogP contribution >= 0.6 is 0 Å². The van der Waals surface area contributed by atoms with Crippen LogP contribution in [0.25, 0.3) is 0 Å². The monoisotopic (exact) mass is 318 g/mol. The van der Waals surface area contributed by atoms with E-state index in [0.29, 0.717) is 37.6 Å². The molecule has 7 nitrogen and oxygen atoms in total. The molecule has 1 N–H and O–H groups in total. The largest absolute Gasteiger partial charge is 0.379 e. The first kappa shape index (κ1) is 16.4. The standard InChI is InChI=1S/C13H22N2O5S/c1-10-13(11(2)20-15-10)21(16,17)14-6-4-7-18-9-12-5-3-8-19-12/h12,14H,3-9H2,1-2H3/t12-/m0/s1.